The van der Waals surface area contributed by atoms with Gasteiger partial charge in [0.1, 0.15) is 6.61 Å². The van der Waals surface area contributed by atoms with Crippen molar-refractivity contribution in [1.82, 2.24) is 25.1 Å². The minimum absolute atomic E-state index is 0.120. The molecular formula is C21H25N5O4. The molecular weight excluding hydrogens is 386 g/mol. The van der Waals surface area contributed by atoms with Gasteiger partial charge in [-0.3, -0.25) is 4.79 Å². The summed E-state index contributed by atoms with van der Waals surface area (Å²) < 4.78 is 18.0. The highest BCUT2D eigenvalue weighted by Crippen LogP contribution is 2.31. The number of hydrogen-bond donors (Lipinski definition) is 1. The van der Waals surface area contributed by atoms with E-state index < -0.39 is 0 Å². The van der Waals surface area contributed by atoms with Crippen LogP contribution in [0, 0.1) is 5.92 Å². The molecule has 1 aliphatic carbocycles. The average Bonchev–Trinajstić information content (AvgIpc) is 3.46. The van der Waals surface area contributed by atoms with Gasteiger partial charge in [0, 0.05) is 17.5 Å². The van der Waals surface area contributed by atoms with Gasteiger partial charge in [-0.15, -0.1) is 15.3 Å². The van der Waals surface area contributed by atoms with E-state index in [1.54, 1.807) is 30.9 Å². The second-order valence-corrected chi connectivity index (χ2v) is 7.16. The van der Waals surface area contributed by atoms with Crippen LogP contribution >= 0.6 is 0 Å². The summed E-state index contributed by atoms with van der Waals surface area (Å²) in [5.74, 6) is 2.49. The first kappa shape index (κ1) is 19.9. The molecule has 2 aromatic heterocycles. The Morgan fingerprint density at radius 2 is 1.90 bits per heavy atom. The quantitative estimate of drug-likeness (QED) is 0.569. The summed E-state index contributed by atoms with van der Waals surface area (Å²) in [6, 6.07) is 9.02. The number of nitrogens with zero attached hydrogens (tertiary/aromatic N) is 4. The Hall–Kier alpha value is -3.36. The SMILES string of the molecule is COc1ccc(-c2nnc3ccc(OCCNC(=O)C4CCCC4)nn23)cc1OC. The van der Waals surface area contributed by atoms with Crippen molar-refractivity contribution in [2.45, 2.75) is 25.7 Å². The van der Waals surface area contributed by atoms with E-state index in [2.05, 4.69) is 20.6 Å². The van der Waals surface area contributed by atoms with Crippen LogP contribution in [0.3, 0.4) is 0 Å². The zero-order chi connectivity index (χ0) is 20.9. The zero-order valence-electron chi connectivity index (χ0n) is 17.1. The molecule has 2 heterocycles. The van der Waals surface area contributed by atoms with E-state index in [1.165, 1.54) is 0 Å². The topological polar surface area (TPSA) is 99.9 Å². The maximum absolute atomic E-state index is 12.1. The Morgan fingerprint density at radius 1 is 1.10 bits per heavy atom. The van der Waals surface area contributed by atoms with Crippen LogP contribution in [0.2, 0.25) is 0 Å². The molecule has 158 valence electrons. The average molecular weight is 411 g/mol. The molecule has 1 aromatic carbocycles. The summed E-state index contributed by atoms with van der Waals surface area (Å²) in [4.78, 5) is 12.1. The second-order valence-electron chi connectivity index (χ2n) is 7.16. The molecule has 1 amide bonds. The fourth-order valence-electron chi connectivity index (χ4n) is 3.67. The molecule has 30 heavy (non-hydrogen) atoms. The van der Waals surface area contributed by atoms with Crippen molar-refractivity contribution in [3.8, 4) is 28.8 Å². The second kappa shape index (κ2) is 8.98. The van der Waals surface area contributed by atoms with Gasteiger partial charge in [-0.25, -0.2) is 0 Å². The minimum Gasteiger partial charge on any atom is -0.493 e. The van der Waals surface area contributed by atoms with Crippen LogP contribution in [0.15, 0.2) is 30.3 Å². The predicted molar refractivity (Wildman–Crippen MR) is 110 cm³/mol. The van der Waals surface area contributed by atoms with Crippen LogP contribution in [0.4, 0.5) is 0 Å². The van der Waals surface area contributed by atoms with Gasteiger partial charge in [-0.05, 0) is 37.1 Å². The standard InChI is InChI=1S/C21H25N5O4/c1-28-16-8-7-15(13-17(16)29-2)20-24-23-18-9-10-19(25-26(18)20)30-12-11-22-21(27)14-5-3-4-6-14/h7-10,13-14H,3-6,11-12H2,1-2H3,(H,22,27). The van der Waals surface area contributed by atoms with E-state index in [0.29, 0.717) is 42.0 Å². The number of carbonyl (C=O) groups is 1. The first-order valence-corrected chi connectivity index (χ1v) is 10.0. The van der Waals surface area contributed by atoms with E-state index in [1.807, 2.05) is 18.2 Å². The van der Waals surface area contributed by atoms with Crippen molar-refractivity contribution >= 4 is 11.6 Å². The van der Waals surface area contributed by atoms with Gasteiger partial charge in [-0.2, -0.15) is 4.52 Å². The molecule has 0 atom stereocenters. The van der Waals surface area contributed by atoms with Gasteiger partial charge in [0.05, 0.1) is 20.8 Å². The lowest BCUT2D eigenvalue weighted by molar-refractivity contribution is -0.124. The molecule has 1 N–H and O–H groups in total. The minimum atomic E-state index is 0.120. The number of amides is 1. The number of ether oxygens (including phenoxy) is 3. The number of benzene rings is 1. The molecule has 1 saturated carbocycles. The molecule has 0 aliphatic heterocycles. The van der Waals surface area contributed by atoms with Crippen LogP contribution in [-0.4, -0.2) is 53.1 Å². The van der Waals surface area contributed by atoms with E-state index in [0.717, 1.165) is 31.2 Å². The third-order valence-electron chi connectivity index (χ3n) is 5.26. The fraction of sp³-hybridized carbons (Fsp3) is 0.429. The molecule has 4 rings (SSSR count). The molecule has 9 nitrogen and oxygen atoms in total. The number of nitrogens with one attached hydrogen (secondary N) is 1. The van der Waals surface area contributed by atoms with Crippen LogP contribution in [0.1, 0.15) is 25.7 Å². The molecule has 1 fully saturated rings. The summed E-state index contributed by atoms with van der Waals surface area (Å²) in [6.07, 6.45) is 4.24. The zero-order valence-corrected chi connectivity index (χ0v) is 17.1. The first-order valence-electron chi connectivity index (χ1n) is 10.0. The highest BCUT2D eigenvalue weighted by atomic mass is 16.5. The maximum Gasteiger partial charge on any atom is 0.231 e. The smallest absolute Gasteiger partial charge is 0.231 e. The Labute approximate surface area is 174 Å². The lowest BCUT2D eigenvalue weighted by Crippen LogP contribution is -2.32. The molecule has 9 heteroatoms. The largest absolute Gasteiger partial charge is 0.493 e. The monoisotopic (exact) mass is 411 g/mol. The predicted octanol–water partition coefficient (Wildman–Crippen LogP) is 2.49. The summed E-state index contributed by atoms with van der Waals surface area (Å²) in [5.41, 5.74) is 1.38. The van der Waals surface area contributed by atoms with E-state index in [-0.39, 0.29) is 11.8 Å². The number of aromatic nitrogens is 4. The molecule has 0 spiro atoms. The third-order valence-corrected chi connectivity index (χ3v) is 5.26. The maximum atomic E-state index is 12.1. The number of methoxy groups -OCH3 is 2. The molecule has 0 bridgehead atoms. The normalized spacial score (nSPS) is 14.1. The summed E-state index contributed by atoms with van der Waals surface area (Å²) in [5, 5.41) is 15.8. The van der Waals surface area contributed by atoms with Gasteiger partial charge in [0.15, 0.2) is 23.0 Å². The lowest BCUT2D eigenvalue weighted by Gasteiger charge is -2.11. The van der Waals surface area contributed by atoms with Crippen LogP contribution in [0.25, 0.3) is 17.0 Å². The first-order chi connectivity index (χ1) is 14.7. The van der Waals surface area contributed by atoms with Crippen molar-refractivity contribution in [1.29, 1.82) is 0 Å². The number of fused-ring (bicyclic) bond motifs is 1. The molecule has 1 aliphatic rings. The Balaban J connectivity index is 1.44. The van der Waals surface area contributed by atoms with Crippen LogP contribution in [0.5, 0.6) is 17.4 Å². The third kappa shape index (κ3) is 4.14. The Bertz CT molecular complexity index is 1030. The van der Waals surface area contributed by atoms with Crippen molar-refractivity contribution in [2.75, 3.05) is 27.4 Å². The van der Waals surface area contributed by atoms with Crippen LogP contribution in [-0.2, 0) is 4.79 Å². The van der Waals surface area contributed by atoms with Crippen molar-refractivity contribution in [3.63, 3.8) is 0 Å². The molecule has 0 unspecified atom stereocenters. The van der Waals surface area contributed by atoms with E-state index in [9.17, 15) is 4.79 Å². The highest BCUT2D eigenvalue weighted by Gasteiger charge is 2.22. The number of carbonyl (C=O) groups excluding carboxylic acids is 1. The fourth-order valence-corrected chi connectivity index (χ4v) is 3.67. The highest BCUT2D eigenvalue weighted by molar-refractivity contribution is 5.78. The summed E-state index contributed by atoms with van der Waals surface area (Å²) in [7, 11) is 3.17. The van der Waals surface area contributed by atoms with Crippen LogP contribution < -0.4 is 19.5 Å². The van der Waals surface area contributed by atoms with Gasteiger partial charge in [0.25, 0.3) is 0 Å². The van der Waals surface area contributed by atoms with Crippen molar-refractivity contribution in [2.24, 2.45) is 5.92 Å². The van der Waals surface area contributed by atoms with Gasteiger partial charge in [-0.1, -0.05) is 12.8 Å². The lowest BCUT2D eigenvalue weighted by atomic mass is 10.1. The van der Waals surface area contributed by atoms with E-state index >= 15 is 0 Å². The molecule has 0 radical (unpaired) electrons. The summed E-state index contributed by atoms with van der Waals surface area (Å²) >= 11 is 0. The Morgan fingerprint density at radius 3 is 2.67 bits per heavy atom. The molecule has 0 saturated heterocycles. The Kier molecular flexibility index (Phi) is 5.97. The number of hydrogen-bond acceptors (Lipinski definition) is 7. The summed E-state index contributed by atoms with van der Waals surface area (Å²) in [6.45, 7) is 0.782. The van der Waals surface area contributed by atoms with E-state index in [4.69, 9.17) is 14.2 Å². The molecule has 3 aromatic rings. The van der Waals surface area contributed by atoms with Gasteiger partial charge in [0.2, 0.25) is 11.8 Å². The van der Waals surface area contributed by atoms with Crippen molar-refractivity contribution < 1.29 is 19.0 Å². The van der Waals surface area contributed by atoms with Crippen molar-refractivity contribution in [3.05, 3.63) is 30.3 Å². The van der Waals surface area contributed by atoms with Gasteiger partial charge < -0.3 is 19.5 Å². The number of rotatable bonds is 8. The van der Waals surface area contributed by atoms with Gasteiger partial charge >= 0.3 is 0 Å².